The molecule has 0 rings (SSSR count). The molecule has 1 unspecified atom stereocenters. The third kappa shape index (κ3) is 3.11. The lowest BCUT2D eigenvalue weighted by atomic mass is 9.97. The molecule has 0 radical (unpaired) electrons. The Morgan fingerprint density at radius 1 is 1.25 bits per heavy atom. The van der Waals surface area contributed by atoms with E-state index < -0.39 is 0 Å². The molecule has 0 aliphatic heterocycles. The monoisotopic (exact) mass is 173 g/mol. The van der Waals surface area contributed by atoms with Crippen LogP contribution < -0.4 is 5.73 Å². The van der Waals surface area contributed by atoms with Crippen molar-refractivity contribution in [1.29, 1.82) is 0 Å². The molecular weight excluding hydrogens is 150 g/mol. The van der Waals surface area contributed by atoms with E-state index in [4.69, 9.17) is 10.5 Å². The van der Waals surface area contributed by atoms with Crippen molar-refractivity contribution in [2.24, 2.45) is 5.73 Å². The fourth-order valence-corrected chi connectivity index (χ4v) is 1.26. The molecule has 0 saturated heterocycles. The molecule has 0 fully saturated rings. The highest BCUT2D eigenvalue weighted by atomic mass is 16.5. The Labute approximate surface area is 76.5 Å². The summed E-state index contributed by atoms with van der Waals surface area (Å²) in [5.41, 5.74) is 5.63. The molecule has 0 aromatic heterocycles. The molecule has 0 aromatic carbocycles. The summed E-state index contributed by atoms with van der Waals surface area (Å²) in [6, 6.07) is 0. The van der Waals surface area contributed by atoms with Crippen LogP contribution in [0.25, 0.3) is 0 Å². The molecule has 0 aliphatic carbocycles. The summed E-state index contributed by atoms with van der Waals surface area (Å²) >= 11 is 0. The van der Waals surface area contributed by atoms with Gasteiger partial charge < -0.3 is 10.5 Å². The van der Waals surface area contributed by atoms with E-state index in [1.165, 1.54) is 0 Å². The minimum atomic E-state index is -0.0740. The van der Waals surface area contributed by atoms with E-state index in [-0.39, 0.29) is 5.60 Å². The molecule has 1 atom stereocenters. The van der Waals surface area contributed by atoms with Crippen LogP contribution in [0.3, 0.4) is 0 Å². The molecule has 74 valence electrons. The van der Waals surface area contributed by atoms with Gasteiger partial charge >= 0.3 is 0 Å². The van der Waals surface area contributed by atoms with E-state index in [0.29, 0.717) is 12.6 Å². The molecule has 2 heteroatoms. The standard InChI is InChI=1S/C10H23NO/c1-5-9(4)12-10(6-2,7-3)8-11/h9H,5-8,11H2,1-4H3. The van der Waals surface area contributed by atoms with Crippen LogP contribution in [0.15, 0.2) is 0 Å². The summed E-state index contributed by atoms with van der Waals surface area (Å²) in [4.78, 5) is 0. The quantitative estimate of drug-likeness (QED) is 0.669. The van der Waals surface area contributed by atoms with Gasteiger partial charge in [-0.05, 0) is 26.2 Å². The minimum absolute atomic E-state index is 0.0740. The van der Waals surface area contributed by atoms with Gasteiger partial charge in [0.25, 0.3) is 0 Å². The Morgan fingerprint density at radius 2 is 1.75 bits per heavy atom. The lowest BCUT2D eigenvalue weighted by molar-refractivity contribution is -0.0866. The maximum absolute atomic E-state index is 5.91. The summed E-state index contributed by atoms with van der Waals surface area (Å²) in [7, 11) is 0. The van der Waals surface area contributed by atoms with Crippen LogP contribution in [0.1, 0.15) is 47.0 Å². The molecule has 0 amide bonds. The summed E-state index contributed by atoms with van der Waals surface area (Å²) in [6.07, 6.45) is 3.39. The van der Waals surface area contributed by atoms with E-state index in [9.17, 15) is 0 Å². The van der Waals surface area contributed by atoms with Crippen molar-refractivity contribution in [1.82, 2.24) is 0 Å². The average Bonchev–Trinajstić information content (AvgIpc) is 2.14. The van der Waals surface area contributed by atoms with Gasteiger partial charge in [0, 0.05) is 6.54 Å². The van der Waals surface area contributed by atoms with Gasteiger partial charge in [-0.1, -0.05) is 20.8 Å². The molecule has 2 nitrogen and oxygen atoms in total. The largest absolute Gasteiger partial charge is 0.371 e. The van der Waals surface area contributed by atoms with Crippen molar-refractivity contribution in [3.63, 3.8) is 0 Å². The van der Waals surface area contributed by atoms with Gasteiger partial charge in [0.15, 0.2) is 0 Å². The van der Waals surface area contributed by atoms with Crippen LogP contribution >= 0.6 is 0 Å². The second-order valence-corrected chi connectivity index (χ2v) is 3.43. The fraction of sp³-hybridized carbons (Fsp3) is 1.00. The van der Waals surface area contributed by atoms with E-state index >= 15 is 0 Å². The first-order valence-electron chi connectivity index (χ1n) is 5.02. The van der Waals surface area contributed by atoms with Crippen LogP contribution in [-0.2, 0) is 4.74 Å². The molecule has 2 N–H and O–H groups in total. The lowest BCUT2D eigenvalue weighted by Gasteiger charge is -2.33. The zero-order chi connectivity index (χ0) is 9.61. The van der Waals surface area contributed by atoms with Gasteiger partial charge in [-0.15, -0.1) is 0 Å². The lowest BCUT2D eigenvalue weighted by Crippen LogP contribution is -2.41. The Bertz CT molecular complexity index is 102. The number of nitrogens with two attached hydrogens (primary N) is 1. The Kier molecular flexibility index (Phi) is 5.51. The van der Waals surface area contributed by atoms with Gasteiger partial charge in [0.1, 0.15) is 0 Å². The smallest absolute Gasteiger partial charge is 0.0802 e. The van der Waals surface area contributed by atoms with Crippen LogP contribution in [0.4, 0.5) is 0 Å². The molecule has 0 heterocycles. The maximum atomic E-state index is 5.91. The van der Waals surface area contributed by atoms with E-state index in [0.717, 1.165) is 19.3 Å². The highest BCUT2D eigenvalue weighted by Crippen LogP contribution is 2.21. The first-order valence-corrected chi connectivity index (χ1v) is 5.02. The molecular formula is C10H23NO. The Hall–Kier alpha value is -0.0800. The van der Waals surface area contributed by atoms with Crippen molar-refractivity contribution >= 4 is 0 Å². The zero-order valence-corrected chi connectivity index (χ0v) is 8.89. The highest BCUT2D eigenvalue weighted by Gasteiger charge is 2.26. The van der Waals surface area contributed by atoms with Crippen LogP contribution in [-0.4, -0.2) is 18.2 Å². The minimum Gasteiger partial charge on any atom is -0.371 e. The molecule has 12 heavy (non-hydrogen) atoms. The molecule has 0 saturated carbocycles. The third-order valence-electron chi connectivity index (χ3n) is 2.69. The maximum Gasteiger partial charge on any atom is 0.0802 e. The van der Waals surface area contributed by atoms with Gasteiger partial charge in [0.2, 0.25) is 0 Å². The van der Waals surface area contributed by atoms with Gasteiger partial charge in [-0.2, -0.15) is 0 Å². The van der Waals surface area contributed by atoms with Crippen molar-refractivity contribution in [3.8, 4) is 0 Å². The molecule has 0 spiro atoms. The predicted molar refractivity (Wildman–Crippen MR) is 53.2 cm³/mol. The first kappa shape index (κ1) is 11.9. The number of rotatable bonds is 6. The SMILES string of the molecule is CCC(C)OC(CC)(CC)CN. The number of ether oxygens (including phenoxy) is 1. The topological polar surface area (TPSA) is 35.2 Å². The predicted octanol–water partition coefficient (Wildman–Crippen LogP) is 2.32. The van der Waals surface area contributed by atoms with Gasteiger partial charge in [-0.25, -0.2) is 0 Å². The second-order valence-electron chi connectivity index (χ2n) is 3.43. The Morgan fingerprint density at radius 3 is 2.00 bits per heavy atom. The molecule has 0 bridgehead atoms. The van der Waals surface area contributed by atoms with Crippen LogP contribution in [0.5, 0.6) is 0 Å². The first-order chi connectivity index (χ1) is 5.64. The van der Waals surface area contributed by atoms with E-state index in [1.807, 2.05) is 0 Å². The number of hydrogen-bond acceptors (Lipinski definition) is 2. The summed E-state index contributed by atoms with van der Waals surface area (Å²) in [5.74, 6) is 0. The van der Waals surface area contributed by atoms with Crippen molar-refractivity contribution in [3.05, 3.63) is 0 Å². The average molecular weight is 173 g/mol. The summed E-state index contributed by atoms with van der Waals surface area (Å²) in [6.45, 7) is 9.15. The van der Waals surface area contributed by atoms with Crippen molar-refractivity contribution in [2.45, 2.75) is 58.7 Å². The normalized spacial score (nSPS) is 14.8. The van der Waals surface area contributed by atoms with Crippen molar-refractivity contribution in [2.75, 3.05) is 6.54 Å². The van der Waals surface area contributed by atoms with Crippen LogP contribution in [0.2, 0.25) is 0 Å². The van der Waals surface area contributed by atoms with E-state index in [2.05, 4.69) is 27.7 Å². The van der Waals surface area contributed by atoms with E-state index in [1.54, 1.807) is 0 Å². The van der Waals surface area contributed by atoms with Gasteiger partial charge in [0.05, 0.1) is 11.7 Å². The fourth-order valence-electron chi connectivity index (χ4n) is 1.26. The number of hydrogen-bond donors (Lipinski definition) is 1. The third-order valence-corrected chi connectivity index (χ3v) is 2.69. The summed E-state index contributed by atoms with van der Waals surface area (Å²) < 4.78 is 5.91. The Balaban J connectivity index is 4.09. The van der Waals surface area contributed by atoms with Crippen molar-refractivity contribution < 1.29 is 4.74 Å². The van der Waals surface area contributed by atoms with Crippen LogP contribution in [0, 0.1) is 0 Å². The molecule has 0 aliphatic rings. The van der Waals surface area contributed by atoms with Gasteiger partial charge in [-0.3, -0.25) is 0 Å². The molecule has 0 aromatic rings. The highest BCUT2D eigenvalue weighted by molar-refractivity contribution is 4.79. The second kappa shape index (κ2) is 5.55. The zero-order valence-electron chi connectivity index (χ0n) is 8.89. The summed E-state index contributed by atoms with van der Waals surface area (Å²) in [5, 5.41) is 0.